The van der Waals surface area contributed by atoms with Crippen molar-refractivity contribution in [2.75, 3.05) is 13.2 Å². The number of hydrogen-bond acceptors (Lipinski definition) is 2. The molecule has 0 fully saturated rings. The molecule has 0 N–H and O–H groups in total. The molecular formula is C20H22O2. The molecule has 22 heavy (non-hydrogen) atoms. The van der Waals surface area contributed by atoms with E-state index in [1.165, 1.54) is 0 Å². The Hall–Kier alpha value is -2.16. The lowest BCUT2D eigenvalue weighted by Gasteiger charge is -2.07. The molecule has 0 aliphatic rings. The van der Waals surface area contributed by atoms with Crippen LogP contribution >= 0.6 is 0 Å². The van der Waals surface area contributed by atoms with Gasteiger partial charge in [-0.2, -0.15) is 0 Å². The zero-order valence-electron chi connectivity index (χ0n) is 12.8. The summed E-state index contributed by atoms with van der Waals surface area (Å²) in [5.74, 6) is 0. The Labute approximate surface area is 132 Å². The molecule has 0 radical (unpaired) electrons. The highest BCUT2D eigenvalue weighted by atomic mass is 16.5. The van der Waals surface area contributed by atoms with Gasteiger partial charge in [0.1, 0.15) is 0 Å². The summed E-state index contributed by atoms with van der Waals surface area (Å²) in [5, 5.41) is 0. The van der Waals surface area contributed by atoms with Gasteiger partial charge in [-0.15, -0.1) is 0 Å². The van der Waals surface area contributed by atoms with Crippen molar-refractivity contribution in [2.24, 2.45) is 0 Å². The van der Waals surface area contributed by atoms with Crippen LogP contribution in [0.4, 0.5) is 0 Å². The van der Waals surface area contributed by atoms with Crippen LogP contribution in [0.3, 0.4) is 0 Å². The topological polar surface area (TPSA) is 18.5 Å². The summed E-state index contributed by atoms with van der Waals surface area (Å²) in [7, 11) is 0. The summed E-state index contributed by atoms with van der Waals surface area (Å²) in [5.41, 5.74) is 4.56. The lowest BCUT2D eigenvalue weighted by Crippen LogP contribution is -2.04. The van der Waals surface area contributed by atoms with E-state index in [0.717, 1.165) is 22.3 Å². The van der Waals surface area contributed by atoms with Crippen LogP contribution in [0.2, 0.25) is 0 Å². The van der Waals surface area contributed by atoms with Crippen LogP contribution in [0.25, 0.3) is 12.2 Å². The summed E-state index contributed by atoms with van der Waals surface area (Å²) in [6.45, 7) is 9.87. The molecule has 0 aliphatic heterocycles. The molecule has 2 aromatic rings. The quantitative estimate of drug-likeness (QED) is 0.624. The molecule has 2 nitrogen and oxygen atoms in total. The average Bonchev–Trinajstić information content (AvgIpc) is 2.59. The molecule has 0 amide bonds. The highest BCUT2D eigenvalue weighted by Gasteiger charge is 1.96. The third-order valence-electron chi connectivity index (χ3n) is 3.34. The van der Waals surface area contributed by atoms with Crippen molar-refractivity contribution in [3.8, 4) is 0 Å². The predicted octanol–water partition coefficient (Wildman–Crippen LogP) is 4.71. The second-order valence-electron chi connectivity index (χ2n) is 5.00. The predicted molar refractivity (Wildman–Crippen MR) is 92.4 cm³/mol. The highest BCUT2D eigenvalue weighted by molar-refractivity contribution is 5.47. The van der Waals surface area contributed by atoms with Gasteiger partial charge in [0.05, 0.1) is 26.4 Å². The van der Waals surface area contributed by atoms with Crippen LogP contribution in [0, 0.1) is 0 Å². The normalized spacial score (nSPS) is 10.4. The standard InChI is InChI=1S/C20H22O2/c1-3-17-5-9-19(10-6-17)15-21-13-14-22-16-20-11-7-18(4-2)8-12-20/h3-12H,1-2,13-16H2. The van der Waals surface area contributed by atoms with Crippen molar-refractivity contribution in [3.05, 3.63) is 83.9 Å². The van der Waals surface area contributed by atoms with Gasteiger partial charge < -0.3 is 9.47 Å². The fraction of sp³-hybridized carbons (Fsp3) is 0.200. The molecular weight excluding hydrogens is 272 g/mol. The fourth-order valence-electron chi connectivity index (χ4n) is 2.00. The summed E-state index contributed by atoms with van der Waals surface area (Å²) >= 11 is 0. The third-order valence-corrected chi connectivity index (χ3v) is 3.34. The maximum absolute atomic E-state index is 5.60. The van der Waals surface area contributed by atoms with Crippen molar-refractivity contribution in [3.63, 3.8) is 0 Å². The molecule has 0 saturated heterocycles. The van der Waals surface area contributed by atoms with E-state index in [1.807, 2.05) is 36.4 Å². The van der Waals surface area contributed by atoms with Crippen molar-refractivity contribution in [1.82, 2.24) is 0 Å². The van der Waals surface area contributed by atoms with Crippen LogP contribution in [0.5, 0.6) is 0 Å². The van der Waals surface area contributed by atoms with E-state index in [-0.39, 0.29) is 0 Å². The van der Waals surface area contributed by atoms with Gasteiger partial charge in [-0.25, -0.2) is 0 Å². The summed E-state index contributed by atoms with van der Waals surface area (Å²) in [6, 6.07) is 16.4. The van der Waals surface area contributed by atoms with E-state index in [0.29, 0.717) is 26.4 Å². The highest BCUT2D eigenvalue weighted by Crippen LogP contribution is 2.08. The average molecular weight is 294 g/mol. The van der Waals surface area contributed by atoms with E-state index in [1.54, 1.807) is 0 Å². The van der Waals surface area contributed by atoms with Crippen LogP contribution in [-0.2, 0) is 22.7 Å². The van der Waals surface area contributed by atoms with E-state index in [2.05, 4.69) is 37.4 Å². The first-order valence-electron chi connectivity index (χ1n) is 7.40. The van der Waals surface area contributed by atoms with E-state index >= 15 is 0 Å². The van der Waals surface area contributed by atoms with E-state index < -0.39 is 0 Å². The molecule has 2 rings (SSSR count). The summed E-state index contributed by atoms with van der Waals surface area (Å²) in [4.78, 5) is 0. The van der Waals surface area contributed by atoms with Crippen molar-refractivity contribution in [1.29, 1.82) is 0 Å². The molecule has 114 valence electrons. The monoisotopic (exact) mass is 294 g/mol. The van der Waals surface area contributed by atoms with Gasteiger partial charge in [0.15, 0.2) is 0 Å². The minimum atomic E-state index is 0.591. The van der Waals surface area contributed by atoms with Crippen LogP contribution < -0.4 is 0 Å². The van der Waals surface area contributed by atoms with Gasteiger partial charge >= 0.3 is 0 Å². The number of rotatable bonds is 9. The van der Waals surface area contributed by atoms with Gasteiger partial charge in [-0.1, -0.05) is 73.8 Å². The summed E-state index contributed by atoms with van der Waals surface area (Å²) < 4.78 is 11.2. The first-order chi connectivity index (χ1) is 10.8. The zero-order chi connectivity index (χ0) is 15.6. The molecule has 0 unspecified atom stereocenters. The third kappa shape index (κ3) is 5.32. The second-order valence-corrected chi connectivity index (χ2v) is 5.00. The van der Waals surface area contributed by atoms with Gasteiger partial charge in [0.2, 0.25) is 0 Å². The molecule has 0 saturated carbocycles. The Morgan fingerprint density at radius 1 is 0.636 bits per heavy atom. The molecule has 0 aromatic heterocycles. The Bertz CT molecular complexity index is 527. The minimum Gasteiger partial charge on any atom is -0.374 e. The lowest BCUT2D eigenvalue weighted by atomic mass is 10.1. The Balaban J connectivity index is 1.60. The van der Waals surface area contributed by atoms with Gasteiger partial charge in [-0.05, 0) is 22.3 Å². The zero-order valence-corrected chi connectivity index (χ0v) is 12.8. The van der Waals surface area contributed by atoms with E-state index in [9.17, 15) is 0 Å². The number of hydrogen-bond donors (Lipinski definition) is 0. The minimum absolute atomic E-state index is 0.591. The molecule has 0 bridgehead atoms. The molecule has 2 aromatic carbocycles. The first-order valence-corrected chi connectivity index (χ1v) is 7.40. The molecule has 0 heterocycles. The maximum atomic E-state index is 5.60. The first kappa shape index (κ1) is 16.2. The molecule has 2 heteroatoms. The Morgan fingerprint density at radius 2 is 1.00 bits per heavy atom. The van der Waals surface area contributed by atoms with Crippen molar-refractivity contribution in [2.45, 2.75) is 13.2 Å². The van der Waals surface area contributed by atoms with Gasteiger partial charge in [-0.3, -0.25) is 0 Å². The lowest BCUT2D eigenvalue weighted by molar-refractivity contribution is 0.0339. The Morgan fingerprint density at radius 3 is 1.32 bits per heavy atom. The Kier molecular flexibility index (Phi) is 6.62. The summed E-state index contributed by atoms with van der Waals surface area (Å²) in [6.07, 6.45) is 3.67. The maximum Gasteiger partial charge on any atom is 0.0718 e. The molecule has 0 aliphatic carbocycles. The SMILES string of the molecule is C=Cc1ccc(COCCOCc2ccc(C=C)cc2)cc1. The van der Waals surface area contributed by atoms with Gasteiger partial charge in [0, 0.05) is 0 Å². The number of ether oxygens (including phenoxy) is 2. The van der Waals surface area contributed by atoms with Crippen molar-refractivity contribution < 1.29 is 9.47 Å². The van der Waals surface area contributed by atoms with E-state index in [4.69, 9.17) is 9.47 Å². The van der Waals surface area contributed by atoms with Crippen LogP contribution in [0.1, 0.15) is 22.3 Å². The van der Waals surface area contributed by atoms with Crippen LogP contribution in [-0.4, -0.2) is 13.2 Å². The molecule has 0 atom stereocenters. The fourth-order valence-corrected chi connectivity index (χ4v) is 2.00. The number of benzene rings is 2. The second kappa shape index (κ2) is 8.98. The molecule has 0 spiro atoms. The van der Waals surface area contributed by atoms with Crippen molar-refractivity contribution >= 4 is 12.2 Å². The smallest absolute Gasteiger partial charge is 0.0718 e. The largest absolute Gasteiger partial charge is 0.374 e. The van der Waals surface area contributed by atoms with Crippen LogP contribution in [0.15, 0.2) is 61.7 Å². The van der Waals surface area contributed by atoms with Gasteiger partial charge in [0.25, 0.3) is 0 Å².